The Morgan fingerprint density at radius 3 is 2.44 bits per heavy atom. The summed E-state index contributed by atoms with van der Waals surface area (Å²) in [5.41, 5.74) is 5.09. The fraction of sp³-hybridized carbons (Fsp3) is 0.500. The molecule has 0 aliphatic rings. The summed E-state index contributed by atoms with van der Waals surface area (Å²) < 4.78 is 42.4. The van der Waals surface area contributed by atoms with Crippen LogP contribution in [0.4, 0.5) is 18.9 Å². The van der Waals surface area contributed by atoms with E-state index in [-0.39, 0.29) is 18.2 Å². The normalized spacial score (nSPS) is 11.6. The first-order valence-electron chi connectivity index (χ1n) is 4.89. The summed E-state index contributed by atoms with van der Waals surface area (Å²) in [5, 5.41) is 0. The largest absolute Gasteiger partial charge is 0.478 e. The van der Waals surface area contributed by atoms with Crippen LogP contribution < -0.4 is 10.5 Å². The number of hydrogen-bond acceptors (Lipinski definition) is 3. The number of rotatable bonds is 3. The molecule has 0 unspecified atom stereocenters. The molecule has 0 saturated heterocycles. The highest BCUT2D eigenvalue weighted by Gasteiger charge is 2.34. The van der Waals surface area contributed by atoms with E-state index in [1.54, 1.807) is 13.8 Å². The molecule has 0 aromatic carbocycles. The second kappa shape index (κ2) is 4.59. The first-order valence-corrected chi connectivity index (χ1v) is 4.89. The third-order valence-electron chi connectivity index (χ3n) is 2.05. The quantitative estimate of drug-likeness (QED) is 0.874. The highest BCUT2D eigenvalue weighted by Crippen LogP contribution is 2.33. The molecule has 1 rings (SSSR count). The van der Waals surface area contributed by atoms with Gasteiger partial charge in [-0.15, -0.1) is 0 Å². The number of hydrogen-bond donors (Lipinski definition) is 1. The number of nitrogens with two attached hydrogens (primary N) is 1. The Hall–Kier alpha value is -1.46. The predicted molar refractivity (Wildman–Crippen MR) is 54.2 cm³/mol. The zero-order valence-electron chi connectivity index (χ0n) is 9.06. The van der Waals surface area contributed by atoms with Crippen molar-refractivity contribution in [3.63, 3.8) is 0 Å². The minimum Gasteiger partial charge on any atom is -0.478 e. The van der Waals surface area contributed by atoms with Crippen LogP contribution in [-0.4, -0.2) is 11.6 Å². The lowest BCUT2D eigenvalue weighted by atomic mass is 10.1. The van der Waals surface area contributed by atoms with Crippen LogP contribution in [-0.2, 0) is 12.6 Å². The molecule has 1 heterocycles. The molecule has 0 spiro atoms. The molecule has 0 amide bonds. The van der Waals surface area contributed by atoms with Gasteiger partial charge >= 0.3 is 6.18 Å². The lowest BCUT2D eigenvalue weighted by Crippen LogP contribution is -2.12. The summed E-state index contributed by atoms with van der Waals surface area (Å²) in [5.74, 6) is -0.0303. The molecule has 0 bridgehead atoms. The molecule has 0 aliphatic carbocycles. The van der Waals surface area contributed by atoms with Crippen molar-refractivity contribution in [1.29, 1.82) is 0 Å². The fourth-order valence-electron chi connectivity index (χ4n) is 1.32. The average Bonchev–Trinajstić information content (AvgIpc) is 2.16. The maximum Gasteiger partial charge on any atom is 0.433 e. The van der Waals surface area contributed by atoms with E-state index in [0.29, 0.717) is 12.0 Å². The molecular weight excluding hydrogens is 221 g/mol. The monoisotopic (exact) mass is 234 g/mol. The van der Waals surface area contributed by atoms with Gasteiger partial charge in [-0.1, -0.05) is 6.92 Å². The van der Waals surface area contributed by atoms with Gasteiger partial charge in [0.05, 0.1) is 6.61 Å². The SMILES string of the molecule is CCOc1nc(C(F)(F)F)cc(N)c1CC. The maximum absolute atomic E-state index is 12.5. The number of alkyl halides is 3. The van der Waals surface area contributed by atoms with Gasteiger partial charge in [-0.2, -0.15) is 13.2 Å². The summed E-state index contributed by atoms with van der Waals surface area (Å²) in [6, 6.07) is 0.835. The van der Waals surface area contributed by atoms with Gasteiger partial charge in [0.1, 0.15) is 0 Å². The second-order valence-electron chi connectivity index (χ2n) is 3.16. The molecule has 16 heavy (non-hydrogen) atoms. The van der Waals surface area contributed by atoms with E-state index in [2.05, 4.69) is 4.98 Å². The van der Waals surface area contributed by atoms with Crippen molar-refractivity contribution in [1.82, 2.24) is 4.98 Å². The van der Waals surface area contributed by atoms with E-state index in [1.165, 1.54) is 0 Å². The van der Waals surface area contributed by atoms with E-state index < -0.39 is 11.9 Å². The zero-order valence-corrected chi connectivity index (χ0v) is 9.06. The van der Waals surface area contributed by atoms with Crippen molar-refractivity contribution < 1.29 is 17.9 Å². The summed E-state index contributed by atoms with van der Waals surface area (Å²) in [6.07, 6.45) is -4.03. The zero-order chi connectivity index (χ0) is 12.3. The van der Waals surface area contributed by atoms with Crippen molar-refractivity contribution >= 4 is 5.69 Å². The van der Waals surface area contributed by atoms with E-state index in [0.717, 1.165) is 6.07 Å². The van der Waals surface area contributed by atoms with Crippen molar-refractivity contribution in [3.8, 4) is 5.88 Å². The Bertz CT molecular complexity index is 377. The Kier molecular flexibility index (Phi) is 3.62. The fourth-order valence-corrected chi connectivity index (χ4v) is 1.32. The van der Waals surface area contributed by atoms with Crippen LogP contribution in [0.3, 0.4) is 0 Å². The van der Waals surface area contributed by atoms with Crippen LogP contribution in [0.25, 0.3) is 0 Å². The second-order valence-corrected chi connectivity index (χ2v) is 3.16. The highest BCUT2D eigenvalue weighted by molar-refractivity contribution is 5.53. The van der Waals surface area contributed by atoms with E-state index in [1.807, 2.05) is 0 Å². The Morgan fingerprint density at radius 2 is 2.00 bits per heavy atom. The van der Waals surface area contributed by atoms with Crippen molar-refractivity contribution in [2.24, 2.45) is 0 Å². The number of pyridine rings is 1. The van der Waals surface area contributed by atoms with Crippen LogP contribution in [0.5, 0.6) is 5.88 Å². The molecule has 1 aromatic rings. The van der Waals surface area contributed by atoms with Crippen LogP contribution in [0.2, 0.25) is 0 Å². The molecule has 90 valence electrons. The van der Waals surface area contributed by atoms with Crippen LogP contribution >= 0.6 is 0 Å². The van der Waals surface area contributed by atoms with Gasteiger partial charge in [0.25, 0.3) is 0 Å². The molecule has 1 aromatic heterocycles. The third kappa shape index (κ3) is 2.56. The molecule has 0 saturated carbocycles. The van der Waals surface area contributed by atoms with Gasteiger partial charge in [-0.3, -0.25) is 0 Å². The first kappa shape index (κ1) is 12.6. The molecular formula is C10H13F3N2O. The Balaban J connectivity index is 3.28. The molecule has 0 radical (unpaired) electrons. The minimum absolute atomic E-state index is 0.0303. The summed E-state index contributed by atoms with van der Waals surface area (Å²) >= 11 is 0. The number of nitrogens with zero attached hydrogens (tertiary/aromatic N) is 1. The summed E-state index contributed by atoms with van der Waals surface area (Å²) in [4.78, 5) is 3.44. The molecule has 0 fully saturated rings. The van der Waals surface area contributed by atoms with Gasteiger partial charge in [0.2, 0.25) is 5.88 Å². The average molecular weight is 234 g/mol. The van der Waals surface area contributed by atoms with Crippen LogP contribution in [0.1, 0.15) is 25.1 Å². The number of aromatic nitrogens is 1. The van der Waals surface area contributed by atoms with Crippen LogP contribution in [0.15, 0.2) is 6.07 Å². The summed E-state index contributed by atoms with van der Waals surface area (Å²) in [7, 11) is 0. The maximum atomic E-state index is 12.5. The van der Waals surface area contributed by atoms with Crippen molar-refractivity contribution in [2.45, 2.75) is 26.4 Å². The molecule has 0 atom stereocenters. The van der Waals surface area contributed by atoms with Gasteiger partial charge in [-0.25, -0.2) is 4.98 Å². The van der Waals surface area contributed by atoms with Gasteiger partial charge in [-0.05, 0) is 19.4 Å². The number of nitrogen functional groups attached to an aromatic ring is 1. The summed E-state index contributed by atoms with van der Waals surface area (Å²) in [6.45, 7) is 3.71. The molecule has 6 heteroatoms. The smallest absolute Gasteiger partial charge is 0.433 e. The number of ether oxygens (including phenoxy) is 1. The highest BCUT2D eigenvalue weighted by atomic mass is 19.4. The third-order valence-corrected chi connectivity index (χ3v) is 2.05. The molecule has 3 nitrogen and oxygen atoms in total. The van der Waals surface area contributed by atoms with Gasteiger partial charge in [0, 0.05) is 11.3 Å². The lowest BCUT2D eigenvalue weighted by molar-refractivity contribution is -0.141. The number of halogens is 3. The number of anilines is 1. The Labute approximate surface area is 91.4 Å². The lowest BCUT2D eigenvalue weighted by Gasteiger charge is -2.13. The van der Waals surface area contributed by atoms with Crippen molar-refractivity contribution in [2.75, 3.05) is 12.3 Å². The van der Waals surface area contributed by atoms with E-state index >= 15 is 0 Å². The van der Waals surface area contributed by atoms with E-state index in [4.69, 9.17) is 10.5 Å². The molecule has 2 N–H and O–H groups in total. The first-order chi connectivity index (χ1) is 7.40. The van der Waals surface area contributed by atoms with Gasteiger partial charge in [0.15, 0.2) is 5.69 Å². The predicted octanol–water partition coefficient (Wildman–Crippen LogP) is 2.64. The standard InChI is InChI=1S/C10H13F3N2O/c1-3-6-7(14)5-8(10(11,12)13)15-9(6)16-4-2/h5H,3-4H2,1-2H3,(H2,14,15). The Morgan fingerprint density at radius 1 is 1.38 bits per heavy atom. The minimum atomic E-state index is -4.51. The van der Waals surface area contributed by atoms with Crippen molar-refractivity contribution in [3.05, 3.63) is 17.3 Å². The topological polar surface area (TPSA) is 48.1 Å². The van der Waals surface area contributed by atoms with E-state index in [9.17, 15) is 13.2 Å². The molecule has 0 aliphatic heterocycles. The van der Waals surface area contributed by atoms with Crippen LogP contribution in [0, 0.1) is 0 Å². The van der Waals surface area contributed by atoms with Gasteiger partial charge < -0.3 is 10.5 Å².